The first-order valence-corrected chi connectivity index (χ1v) is 10.3. The van der Waals surface area contributed by atoms with Gasteiger partial charge in [-0.2, -0.15) is 0 Å². The Morgan fingerprint density at radius 1 is 1.32 bits per heavy atom. The van der Waals surface area contributed by atoms with Gasteiger partial charge in [0.1, 0.15) is 0 Å². The third kappa shape index (κ3) is 3.95. The zero-order valence-corrected chi connectivity index (χ0v) is 16.1. The minimum absolute atomic E-state index is 0.165. The molecule has 5 N–H and O–H groups in total. The van der Waals surface area contributed by atoms with Gasteiger partial charge < -0.3 is 16.4 Å². The zero-order chi connectivity index (χ0) is 18.4. The van der Waals surface area contributed by atoms with Crippen molar-refractivity contribution in [3.05, 3.63) is 24.4 Å². The van der Waals surface area contributed by atoms with E-state index in [0.717, 1.165) is 23.1 Å². The number of hydrogen-bond acceptors (Lipinski definition) is 7. The summed E-state index contributed by atoms with van der Waals surface area (Å²) < 4.78 is 28.4. The Morgan fingerprint density at radius 2 is 2.00 bits per heavy atom. The monoisotopic (exact) mass is 381 g/mol. The second-order valence-corrected chi connectivity index (χ2v) is 9.94. The van der Waals surface area contributed by atoms with E-state index in [1.54, 1.807) is 39.1 Å². The molecule has 1 aromatic heterocycles. The lowest BCUT2D eigenvalue weighted by Crippen LogP contribution is -2.55. The van der Waals surface area contributed by atoms with E-state index in [1.165, 1.54) is 17.4 Å². The van der Waals surface area contributed by atoms with Crippen LogP contribution in [0, 0.1) is 0 Å². The second kappa shape index (κ2) is 6.24. The van der Waals surface area contributed by atoms with E-state index in [4.69, 9.17) is 11.5 Å². The van der Waals surface area contributed by atoms with E-state index in [2.05, 4.69) is 14.6 Å². The van der Waals surface area contributed by atoms with Crippen molar-refractivity contribution in [1.82, 2.24) is 9.71 Å². The molecule has 136 valence electrons. The number of rotatable bonds is 4. The highest BCUT2D eigenvalue weighted by atomic mass is 32.2. The molecule has 7 nitrogen and oxygen atoms in total. The molecule has 25 heavy (non-hydrogen) atoms. The molecule has 1 aliphatic rings. The molecule has 3 rings (SSSR count). The van der Waals surface area contributed by atoms with Crippen LogP contribution < -0.4 is 21.1 Å². The third-order valence-electron chi connectivity index (χ3n) is 3.67. The fraction of sp³-hybridized carbons (Fsp3) is 0.438. The molecular formula is C16H23N5O2S2. The van der Waals surface area contributed by atoms with Crippen molar-refractivity contribution in [2.24, 2.45) is 5.73 Å². The summed E-state index contributed by atoms with van der Waals surface area (Å²) in [6.45, 7) is 6.94. The molecule has 0 aliphatic carbocycles. The Morgan fingerprint density at radius 3 is 2.60 bits per heavy atom. The highest BCUT2D eigenvalue weighted by molar-refractivity contribution is 7.89. The number of anilines is 2. The Labute approximate surface area is 152 Å². The number of hydrogen-bond donors (Lipinski definition) is 3. The van der Waals surface area contributed by atoms with Crippen molar-refractivity contribution in [3.8, 4) is 10.4 Å². The summed E-state index contributed by atoms with van der Waals surface area (Å²) in [6, 6.07) is 5.09. The van der Waals surface area contributed by atoms with Gasteiger partial charge in [-0.15, -0.1) is 0 Å². The van der Waals surface area contributed by atoms with E-state index in [1.807, 2.05) is 0 Å². The largest absolute Gasteiger partial charge is 0.399 e. The summed E-state index contributed by atoms with van der Waals surface area (Å²) in [4.78, 5) is 7.44. The molecule has 0 amide bonds. The highest BCUT2D eigenvalue weighted by Gasteiger charge is 2.28. The van der Waals surface area contributed by atoms with Crippen LogP contribution in [0.15, 0.2) is 29.3 Å². The number of sulfonamides is 1. The first-order valence-electron chi connectivity index (χ1n) is 7.95. The fourth-order valence-corrected chi connectivity index (χ4v) is 5.34. The SMILES string of the molecule is CC(C)(C)NS(=O)(=O)c1cc(N)ccc1-c1cnc(N2CC(N)C2)s1. The van der Waals surface area contributed by atoms with Gasteiger partial charge in [0.2, 0.25) is 10.0 Å². The lowest BCUT2D eigenvalue weighted by molar-refractivity contribution is 0.491. The topological polar surface area (TPSA) is 114 Å². The lowest BCUT2D eigenvalue weighted by Gasteiger charge is -2.36. The molecule has 0 atom stereocenters. The zero-order valence-electron chi connectivity index (χ0n) is 14.5. The predicted octanol–water partition coefficient (Wildman–Crippen LogP) is 1.62. The number of nitrogens with two attached hydrogens (primary N) is 2. The first-order chi connectivity index (χ1) is 11.5. The average Bonchev–Trinajstić information content (AvgIpc) is 2.90. The molecule has 1 aliphatic heterocycles. The van der Waals surface area contributed by atoms with Gasteiger partial charge in [0, 0.05) is 42.1 Å². The number of aromatic nitrogens is 1. The van der Waals surface area contributed by atoms with Crippen LogP contribution in [-0.2, 0) is 10.0 Å². The van der Waals surface area contributed by atoms with E-state index >= 15 is 0 Å². The summed E-state index contributed by atoms with van der Waals surface area (Å²) in [6.07, 6.45) is 1.70. The first kappa shape index (κ1) is 18.1. The molecule has 0 spiro atoms. The van der Waals surface area contributed by atoms with Crippen LogP contribution in [0.5, 0.6) is 0 Å². The van der Waals surface area contributed by atoms with Crippen molar-refractivity contribution in [3.63, 3.8) is 0 Å². The van der Waals surface area contributed by atoms with E-state index in [-0.39, 0.29) is 10.9 Å². The van der Waals surface area contributed by atoms with E-state index < -0.39 is 15.6 Å². The number of thiazole rings is 1. The number of nitrogens with one attached hydrogen (secondary N) is 1. The van der Waals surface area contributed by atoms with Crippen LogP contribution in [0.2, 0.25) is 0 Å². The van der Waals surface area contributed by atoms with Gasteiger partial charge in [0.05, 0.1) is 9.77 Å². The summed E-state index contributed by atoms with van der Waals surface area (Å²) in [5.41, 5.74) is 12.1. The maximum atomic E-state index is 12.8. The Bertz CT molecular complexity index is 880. The lowest BCUT2D eigenvalue weighted by atomic mass is 10.1. The van der Waals surface area contributed by atoms with E-state index in [0.29, 0.717) is 11.3 Å². The van der Waals surface area contributed by atoms with Crippen LogP contribution in [0.1, 0.15) is 20.8 Å². The number of nitrogen functional groups attached to an aromatic ring is 1. The maximum Gasteiger partial charge on any atom is 0.241 e. The van der Waals surface area contributed by atoms with Gasteiger partial charge in [-0.05, 0) is 32.9 Å². The van der Waals surface area contributed by atoms with Crippen molar-refractivity contribution in [1.29, 1.82) is 0 Å². The van der Waals surface area contributed by atoms with Crippen LogP contribution in [0.25, 0.3) is 10.4 Å². The predicted molar refractivity (Wildman–Crippen MR) is 102 cm³/mol. The van der Waals surface area contributed by atoms with Gasteiger partial charge in [-0.25, -0.2) is 18.1 Å². The third-order valence-corrected chi connectivity index (χ3v) is 6.56. The van der Waals surface area contributed by atoms with Gasteiger partial charge in [0.15, 0.2) is 5.13 Å². The minimum atomic E-state index is -3.72. The molecule has 0 radical (unpaired) electrons. The molecule has 2 heterocycles. The Hall–Kier alpha value is -1.68. The van der Waals surface area contributed by atoms with Crippen molar-refractivity contribution >= 4 is 32.2 Å². The molecule has 2 aromatic rings. The van der Waals surface area contributed by atoms with Gasteiger partial charge in [-0.1, -0.05) is 17.4 Å². The number of benzene rings is 1. The normalized spacial score (nSPS) is 16.1. The molecule has 1 aromatic carbocycles. The standard InChI is InChI=1S/C16H23N5O2S2/c1-16(2,3)20-25(22,23)14-6-10(17)4-5-12(14)13-7-19-15(24-13)21-8-11(18)9-21/h4-7,11,20H,8-9,17-18H2,1-3H3. The van der Waals surface area contributed by atoms with Crippen LogP contribution in [-0.4, -0.2) is 38.1 Å². The van der Waals surface area contributed by atoms with Crippen LogP contribution >= 0.6 is 11.3 Å². The molecule has 1 fully saturated rings. The van der Waals surface area contributed by atoms with Gasteiger partial charge >= 0.3 is 0 Å². The molecule has 0 saturated carbocycles. The van der Waals surface area contributed by atoms with Crippen molar-refractivity contribution < 1.29 is 8.42 Å². The van der Waals surface area contributed by atoms with Crippen LogP contribution in [0.3, 0.4) is 0 Å². The van der Waals surface area contributed by atoms with Gasteiger partial charge in [0.25, 0.3) is 0 Å². The van der Waals surface area contributed by atoms with E-state index in [9.17, 15) is 8.42 Å². The summed E-state index contributed by atoms with van der Waals surface area (Å²) in [5, 5.41) is 0.848. The maximum absolute atomic E-state index is 12.8. The summed E-state index contributed by atoms with van der Waals surface area (Å²) in [5.74, 6) is 0. The quantitative estimate of drug-likeness (QED) is 0.693. The molecule has 0 unspecified atom stereocenters. The fourth-order valence-electron chi connectivity index (χ4n) is 2.63. The second-order valence-electron chi connectivity index (χ2n) is 7.28. The molecule has 0 bridgehead atoms. The molecule has 1 saturated heterocycles. The minimum Gasteiger partial charge on any atom is -0.399 e. The summed E-state index contributed by atoms with van der Waals surface area (Å²) >= 11 is 1.45. The smallest absolute Gasteiger partial charge is 0.241 e. The summed E-state index contributed by atoms with van der Waals surface area (Å²) in [7, 11) is -3.72. The van der Waals surface area contributed by atoms with Crippen molar-refractivity contribution in [2.75, 3.05) is 23.7 Å². The Balaban J connectivity index is 2.00. The Kier molecular flexibility index (Phi) is 4.52. The van der Waals surface area contributed by atoms with Crippen molar-refractivity contribution in [2.45, 2.75) is 37.2 Å². The molecular weight excluding hydrogens is 358 g/mol. The molecule has 9 heteroatoms. The highest BCUT2D eigenvalue weighted by Crippen LogP contribution is 2.37. The van der Waals surface area contributed by atoms with Gasteiger partial charge in [-0.3, -0.25) is 0 Å². The average molecular weight is 382 g/mol. The number of nitrogens with zero attached hydrogens (tertiary/aromatic N) is 2. The van der Waals surface area contributed by atoms with Crippen LogP contribution in [0.4, 0.5) is 10.8 Å².